The number of carbonyl (C=O) groups is 1. The van der Waals surface area contributed by atoms with Crippen LogP contribution in [-0.2, 0) is 28.4 Å². The third-order valence-corrected chi connectivity index (χ3v) is 10.2. The Kier molecular flexibility index (Phi) is 8.71. The van der Waals surface area contributed by atoms with Gasteiger partial charge < -0.3 is 19.3 Å². The van der Waals surface area contributed by atoms with Gasteiger partial charge in [0.2, 0.25) is 10.0 Å². The van der Waals surface area contributed by atoms with Gasteiger partial charge in [0.1, 0.15) is 11.8 Å². The van der Waals surface area contributed by atoms with Crippen LogP contribution in [0.15, 0.2) is 77.7 Å². The molecule has 1 aliphatic rings. The number of amides is 1. The molecule has 1 aromatic heterocycles. The van der Waals surface area contributed by atoms with E-state index < -0.39 is 22.2 Å². The molecule has 0 radical (unpaired) electrons. The standard InChI is InChI=1S/C33H36N4O5S/c1-22-18-37(23(2)20-38)33(39)32-31(27-14-8-9-15-28(27)36(32)4)26-13-7-5-12-25(26)21-42-29(22)19-35(3)43(40,41)30-16-10-6-11-24(30)17-34/h5-16,22-23,29,38H,18-21H2,1-4H3/t22-,23-,29+/m0/s1. The van der Waals surface area contributed by atoms with Crippen molar-refractivity contribution in [2.45, 2.75) is 37.5 Å². The van der Waals surface area contributed by atoms with Crippen LogP contribution in [-0.4, -0.2) is 72.1 Å². The van der Waals surface area contributed by atoms with Crippen LogP contribution in [0.2, 0.25) is 0 Å². The maximum Gasteiger partial charge on any atom is 0.271 e. The summed E-state index contributed by atoms with van der Waals surface area (Å²) in [5.74, 6) is -0.535. The van der Waals surface area contributed by atoms with Gasteiger partial charge in [0, 0.05) is 49.6 Å². The summed E-state index contributed by atoms with van der Waals surface area (Å²) in [6, 6.07) is 23.2. The van der Waals surface area contributed by atoms with Gasteiger partial charge in [-0.3, -0.25) is 4.79 Å². The van der Waals surface area contributed by atoms with Crippen LogP contribution in [0.5, 0.6) is 0 Å². The molecular weight excluding hydrogens is 564 g/mol. The molecule has 9 nitrogen and oxygen atoms in total. The first-order valence-electron chi connectivity index (χ1n) is 14.2. The molecule has 4 aromatic rings. The number of fused-ring (bicyclic) bond motifs is 5. The fourth-order valence-electron chi connectivity index (χ4n) is 5.83. The predicted octanol–water partition coefficient (Wildman–Crippen LogP) is 4.40. The first kappa shape index (κ1) is 30.4. The second kappa shape index (κ2) is 12.3. The zero-order valence-corrected chi connectivity index (χ0v) is 25.6. The van der Waals surface area contributed by atoms with Crippen molar-refractivity contribution in [2.75, 3.05) is 26.7 Å². The van der Waals surface area contributed by atoms with Crippen LogP contribution in [0.1, 0.15) is 35.5 Å². The Hall–Kier alpha value is -4.01. The molecule has 0 bridgehead atoms. The number of nitrogens with zero attached hydrogens (tertiary/aromatic N) is 4. The minimum absolute atomic E-state index is 0.00313. The lowest BCUT2D eigenvalue weighted by Gasteiger charge is -2.35. The minimum Gasteiger partial charge on any atom is -0.394 e. The highest BCUT2D eigenvalue weighted by Crippen LogP contribution is 2.38. The molecule has 0 fully saturated rings. The molecule has 3 atom stereocenters. The van der Waals surface area contributed by atoms with Crippen molar-refractivity contribution in [3.05, 3.63) is 89.6 Å². The third kappa shape index (κ3) is 5.57. The number of carbonyl (C=O) groups excluding carboxylic acids is 1. The number of rotatable bonds is 6. The molecule has 1 N–H and O–H groups in total. The van der Waals surface area contributed by atoms with E-state index in [-0.39, 0.29) is 48.6 Å². The van der Waals surface area contributed by atoms with Gasteiger partial charge in [-0.05, 0) is 36.2 Å². The number of sulfonamides is 1. The van der Waals surface area contributed by atoms with Gasteiger partial charge in [0.15, 0.2) is 0 Å². The largest absolute Gasteiger partial charge is 0.394 e. The molecule has 0 spiro atoms. The van der Waals surface area contributed by atoms with Gasteiger partial charge in [0.25, 0.3) is 5.91 Å². The summed E-state index contributed by atoms with van der Waals surface area (Å²) in [6.45, 7) is 3.90. The van der Waals surface area contributed by atoms with Crippen LogP contribution >= 0.6 is 0 Å². The highest BCUT2D eigenvalue weighted by molar-refractivity contribution is 7.89. The highest BCUT2D eigenvalue weighted by Gasteiger charge is 2.35. The van der Waals surface area contributed by atoms with Crippen molar-refractivity contribution in [3.8, 4) is 17.2 Å². The Morgan fingerprint density at radius 2 is 1.77 bits per heavy atom. The van der Waals surface area contributed by atoms with Crippen molar-refractivity contribution in [2.24, 2.45) is 13.0 Å². The number of nitriles is 1. The van der Waals surface area contributed by atoms with E-state index in [0.717, 1.165) is 27.6 Å². The Bertz CT molecular complexity index is 1810. The Balaban J connectivity index is 1.61. The molecule has 3 aromatic carbocycles. The van der Waals surface area contributed by atoms with E-state index in [0.29, 0.717) is 5.69 Å². The lowest BCUT2D eigenvalue weighted by atomic mass is 9.96. The van der Waals surface area contributed by atoms with Crippen LogP contribution in [0.3, 0.4) is 0 Å². The lowest BCUT2D eigenvalue weighted by molar-refractivity contribution is -0.0147. The van der Waals surface area contributed by atoms with E-state index in [4.69, 9.17) is 4.74 Å². The number of benzene rings is 3. The Labute approximate surface area is 252 Å². The summed E-state index contributed by atoms with van der Waals surface area (Å²) in [4.78, 5) is 16.1. The average Bonchev–Trinajstić information content (AvgIpc) is 3.31. The van der Waals surface area contributed by atoms with Crippen LogP contribution in [0.4, 0.5) is 0 Å². The van der Waals surface area contributed by atoms with E-state index in [1.165, 1.54) is 23.5 Å². The van der Waals surface area contributed by atoms with Crippen molar-refractivity contribution in [3.63, 3.8) is 0 Å². The molecule has 1 aliphatic heterocycles. The molecule has 0 aliphatic carbocycles. The second-order valence-corrected chi connectivity index (χ2v) is 13.2. The van der Waals surface area contributed by atoms with E-state index in [1.54, 1.807) is 24.0 Å². The summed E-state index contributed by atoms with van der Waals surface area (Å²) in [7, 11) is -0.661. The molecule has 2 heterocycles. The van der Waals surface area contributed by atoms with Gasteiger partial charge in [0.05, 0.1) is 35.8 Å². The molecule has 224 valence electrons. The summed E-state index contributed by atoms with van der Waals surface area (Å²) in [5, 5.41) is 20.7. The number of aliphatic hydroxyl groups is 1. The van der Waals surface area contributed by atoms with E-state index >= 15 is 0 Å². The number of hydrogen-bond acceptors (Lipinski definition) is 6. The fourth-order valence-corrected chi connectivity index (χ4v) is 7.15. The second-order valence-electron chi connectivity index (χ2n) is 11.2. The molecule has 0 saturated carbocycles. The average molecular weight is 601 g/mol. The quantitative estimate of drug-likeness (QED) is 0.351. The normalized spacial score (nSPS) is 18.5. The Morgan fingerprint density at radius 3 is 2.51 bits per heavy atom. The maximum atomic E-state index is 14.5. The molecule has 0 unspecified atom stereocenters. The van der Waals surface area contributed by atoms with Crippen LogP contribution in [0.25, 0.3) is 22.0 Å². The molecule has 5 rings (SSSR count). The predicted molar refractivity (Wildman–Crippen MR) is 165 cm³/mol. The lowest BCUT2D eigenvalue weighted by Crippen LogP contribution is -2.48. The molecule has 1 amide bonds. The monoisotopic (exact) mass is 600 g/mol. The zero-order chi connectivity index (χ0) is 30.9. The van der Waals surface area contributed by atoms with Gasteiger partial charge in [-0.15, -0.1) is 0 Å². The zero-order valence-electron chi connectivity index (χ0n) is 24.8. The van der Waals surface area contributed by atoms with Crippen molar-refractivity contribution < 1.29 is 23.1 Å². The maximum absolute atomic E-state index is 14.5. The number of hydrogen-bond donors (Lipinski definition) is 1. The van der Waals surface area contributed by atoms with Crippen molar-refractivity contribution in [1.29, 1.82) is 5.26 Å². The SMILES string of the molecule is C[C@H]1CN([C@@H](C)CO)C(=O)c2c(c3ccccc3n2C)-c2ccccc2CO[C@@H]1CN(C)S(=O)(=O)c1ccccc1C#N. The number of para-hydroxylation sites is 1. The first-order valence-corrected chi connectivity index (χ1v) is 15.7. The van der Waals surface area contributed by atoms with E-state index in [2.05, 4.69) is 0 Å². The van der Waals surface area contributed by atoms with E-state index in [1.807, 2.05) is 73.1 Å². The smallest absolute Gasteiger partial charge is 0.271 e. The van der Waals surface area contributed by atoms with Crippen molar-refractivity contribution in [1.82, 2.24) is 13.8 Å². The number of likely N-dealkylation sites (N-methyl/N-ethyl adjacent to an activating group) is 1. The topological polar surface area (TPSA) is 116 Å². The number of aliphatic hydroxyl groups excluding tert-OH is 1. The number of aryl methyl sites for hydroxylation is 1. The number of aromatic nitrogens is 1. The molecule has 0 saturated heterocycles. The molecule has 43 heavy (non-hydrogen) atoms. The third-order valence-electron chi connectivity index (χ3n) is 8.36. The van der Waals surface area contributed by atoms with Gasteiger partial charge in [-0.1, -0.05) is 61.5 Å². The van der Waals surface area contributed by atoms with Crippen LogP contribution < -0.4 is 0 Å². The summed E-state index contributed by atoms with van der Waals surface area (Å²) >= 11 is 0. The summed E-state index contributed by atoms with van der Waals surface area (Å²) in [5.41, 5.74) is 4.04. The fraction of sp³-hybridized carbons (Fsp3) is 0.333. The van der Waals surface area contributed by atoms with Gasteiger partial charge in [-0.25, -0.2) is 8.42 Å². The molecule has 10 heteroatoms. The minimum atomic E-state index is -4.01. The molecular formula is C33H36N4O5S. The van der Waals surface area contributed by atoms with Crippen LogP contribution in [0, 0.1) is 17.2 Å². The highest BCUT2D eigenvalue weighted by atomic mass is 32.2. The van der Waals surface area contributed by atoms with E-state index in [9.17, 15) is 23.6 Å². The van der Waals surface area contributed by atoms with Gasteiger partial charge >= 0.3 is 0 Å². The van der Waals surface area contributed by atoms with Gasteiger partial charge in [-0.2, -0.15) is 9.57 Å². The van der Waals surface area contributed by atoms with Crippen molar-refractivity contribution >= 4 is 26.8 Å². The summed E-state index contributed by atoms with van der Waals surface area (Å²) in [6.07, 6.45) is -0.610. The number of ether oxygens (including phenoxy) is 1. The summed E-state index contributed by atoms with van der Waals surface area (Å²) < 4.78 is 36.8. The first-order chi connectivity index (χ1) is 20.6. The Morgan fingerprint density at radius 1 is 1.09 bits per heavy atom.